The molecule has 7 heteroatoms. The number of hydrogen-bond donors (Lipinski definition) is 1. The Bertz CT molecular complexity index is 675. The first-order chi connectivity index (χ1) is 11.5. The van der Waals surface area contributed by atoms with Crippen molar-refractivity contribution in [1.82, 2.24) is 4.90 Å². The minimum atomic E-state index is -1.03. The molecule has 24 heavy (non-hydrogen) atoms. The van der Waals surface area contributed by atoms with Crippen molar-refractivity contribution in [3.63, 3.8) is 0 Å². The second kappa shape index (κ2) is 6.60. The first-order valence-corrected chi connectivity index (χ1v) is 7.98. The lowest BCUT2D eigenvalue weighted by Gasteiger charge is -2.22. The molecule has 2 atom stereocenters. The maximum atomic E-state index is 12.8. The quantitative estimate of drug-likeness (QED) is 0.893. The van der Waals surface area contributed by atoms with Gasteiger partial charge in [-0.3, -0.25) is 9.59 Å². The summed E-state index contributed by atoms with van der Waals surface area (Å²) < 4.78 is 5.22. The third-order valence-corrected chi connectivity index (χ3v) is 4.62. The van der Waals surface area contributed by atoms with Gasteiger partial charge in [0.05, 0.1) is 6.10 Å². The fourth-order valence-corrected chi connectivity index (χ4v) is 3.32. The smallest absolute Gasteiger partial charge is 0.326 e. The zero-order valence-corrected chi connectivity index (χ0v) is 13.5. The highest BCUT2D eigenvalue weighted by Crippen LogP contribution is 2.26. The van der Waals surface area contributed by atoms with Crippen molar-refractivity contribution >= 4 is 23.5 Å². The molecule has 0 aromatic heterocycles. The van der Waals surface area contributed by atoms with E-state index in [-0.39, 0.29) is 30.9 Å². The molecule has 2 fully saturated rings. The van der Waals surface area contributed by atoms with Gasteiger partial charge in [-0.25, -0.2) is 4.79 Å². The van der Waals surface area contributed by atoms with Gasteiger partial charge in [-0.2, -0.15) is 0 Å². The van der Waals surface area contributed by atoms with E-state index in [0.717, 1.165) is 6.42 Å². The first kappa shape index (κ1) is 16.4. The Kier molecular flexibility index (Phi) is 4.53. The molecule has 0 saturated carbocycles. The summed E-state index contributed by atoms with van der Waals surface area (Å²) in [5.74, 6) is -1.34. The maximum Gasteiger partial charge on any atom is 0.326 e. The van der Waals surface area contributed by atoms with Gasteiger partial charge in [-0.15, -0.1) is 0 Å². The van der Waals surface area contributed by atoms with E-state index in [1.807, 2.05) is 0 Å². The van der Waals surface area contributed by atoms with Crippen LogP contribution in [-0.2, 0) is 14.3 Å². The van der Waals surface area contributed by atoms with E-state index in [9.17, 15) is 19.5 Å². The molecule has 1 N–H and O–H groups in total. The number of ether oxygens (including phenoxy) is 1. The number of carbonyl (C=O) groups is 3. The summed E-state index contributed by atoms with van der Waals surface area (Å²) in [7, 11) is 1.51. The Hall–Kier alpha value is -2.41. The Balaban J connectivity index is 1.84. The fraction of sp³-hybridized carbons (Fsp3) is 0.471. The second-order valence-electron chi connectivity index (χ2n) is 6.10. The number of benzene rings is 1. The number of amides is 2. The molecule has 3 rings (SSSR count). The lowest BCUT2D eigenvalue weighted by molar-refractivity contribution is -0.141. The number of rotatable bonds is 4. The average molecular weight is 332 g/mol. The number of hydrogen-bond acceptors (Lipinski definition) is 4. The van der Waals surface area contributed by atoms with Crippen LogP contribution in [0.1, 0.15) is 29.6 Å². The molecular weight excluding hydrogens is 312 g/mol. The van der Waals surface area contributed by atoms with Gasteiger partial charge >= 0.3 is 5.97 Å². The van der Waals surface area contributed by atoms with Crippen LogP contribution in [0.2, 0.25) is 0 Å². The molecule has 1 aromatic carbocycles. The van der Waals surface area contributed by atoms with Gasteiger partial charge in [0, 0.05) is 44.3 Å². The average Bonchev–Trinajstić information content (AvgIpc) is 3.20. The summed E-state index contributed by atoms with van der Waals surface area (Å²) in [6.45, 7) is 0.892. The van der Waals surface area contributed by atoms with E-state index in [1.54, 1.807) is 29.2 Å². The van der Waals surface area contributed by atoms with E-state index in [1.165, 1.54) is 12.0 Å². The number of methoxy groups -OCH3 is 1. The van der Waals surface area contributed by atoms with Crippen LogP contribution in [0.4, 0.5) is 5.69 Å². The van der Waals surface area contributed by atoms with Crippen molar-refractivity contribution in [2.75, 3.05) is 25.1 Å². The van der Waals surface area contributed by atoms with Crippen molar-refractivity contribution in [3.05, 3.63) is 29.8 Å². The number of carboxylic acids is 1. The number of anilines is 1. The SMILES string of the molecule is COC1CC(C(=O)O)N(C(=O)c2cccc(N3CCCC3=O)c2)C1. The Morgan fingerprint density at radius 1 is 1.33 bits per heavy atom. The van der Waals surface area contributed by atoms with E-state index in [4.69, 9.17) is 4.74 Å². The van der Waals surface area contributed by atoms with Crippen LogP contribution in [0.5, 0.6) is 0 Å². The Morgan fingerprint density at radius 2 is 2.12 bits per heavy atom. The first-order valence-electron chi connectivity index (χ1n) is 7.98. The van der Waals surface area contributed by atoms with Crippen LogP contribution in [0.3, 0.4) is 0 Å². The highest BCUT2D eigenvalue weighted by Gasteiger charge is 2.40. The largest absolute Gasteiger partial charge is 0.480 e. The molecule has 1 aromatic rings. The van der Waals surface area contributed by atoms with E-state index in [0.29, 0.717) is 24.2 Å². The third kappa shape index (κ3) is 2.99. The fourth-order valence-electron chi connectivity index (χ4n) is 3.32. The second-order valence-corrected chi connectivity index (χ2v) is 6.10. The van der Waals surface area contributed by atoms with E-state index < -0.39 is 12.0 Å². The molecule has 128 valence electrons. The minimum absolute atomic E-state index is 0.0450. The Morgan fingerprint density at radius 3 is 2.75 bits per heavy atom. The van der Waals surface area contributed by atoms with Gasteiger partial charge in [-0.1, -0.05) is 6.07 Å². The van der Waals surface area contributed by atoms with Gasteiger partial charge < -0.3 is 19.6 Å². The number of aliphatic carboxylic acids is 1. The normalized spacial score (nSPS) is 23.8. The molecule has 2 aliphatic heterocycles. The van der Waals surface area contributed by atoms with E-state index >= 15 is 0 Å². The summed E-state index contributed by atoms with van der Waals surface area (Å²) in [5, 5.41) is 9.35. The predicted molar refractivity (Wildman–Crippen MR) is 85.9 cm³/mol. The van der Waals surface area contributed by atoms with Crippen LogP contribution in [0, 0.1) is 0 Å². The van der Waals surface area contributed by atoms with Crippen molar-refractivity contribution in [1.29, 1.82) is 0 Å². The molecule has 0 spiro atoms. The number of carboxylic acid groups (broad SMARTS) is 1. The summed E-state index contributed by atoms with van der Waals surface area (Å²) in [6.07, 6.45) is 1.32. The molecule has 2 aliphatic rings. The van der Waals surface area contributed by atoms with E-state index in [2.05, 4.69) is 0 Å². The highest BCUT2D eigenvalue weighted by molar-refractivity contribution is 6.00. The molecular formula is C17H20N2O5. The van der Waals surface area contributed by atoms with Crippen LogP contribution >= 0.6 is 0 Å². The third-order valence-electron chi connectivity index (χ3n) is 4.62. The predicted octanol–water partition coefficient (Wildman–Crippen LogP) is 1.13. The number of likely N-dealkylation sites (tertiary alicyclic amines) is 1. The van der Waals surface area contributed by atoms with Crippen molar-refractivity contribution in [2.45, 2.75) is 31.4 Å². The topological polar surface area (TPSA) is 87.2 Å². The van der Waals surface area contributed by atoms with Gasteiger partial charge in [-0.05, 0) is 24.6 Å². The van der Waals surface area contributed by atoms with Crippen molar-refractivity contribution < 1.29 is 24.2 Å². The van der Waals surface area contributed by atoms with Crippen molar-refractivity contribution in [3.8, 4) is 0 Å². The molecule has 2 amide bonds. The monoisotopic (exact) mass is 332 g/mol. The number of nitrogens with zero attached hydrogens (tertiary/aromatic N) is 2. The standard InChI is InChI=1S/C17H20N2O5/c1-24-13-9-14(17(22)23)19(10-13)16(21)11-4-2-5-12(8-11)18-7-3-6-15(18)20/h2,4-5,8,13-14H,3,6-7,9-10H2,1H3,(H,22,23). The van der Waals surface area contributed by atoms with Gasteiger partial charge in [0.15, 0.2) is 0 Å². The van der Waals surface area contributed by atoms with Gasteiger partial charge in [0.1, 0.15) is 6.04 Å². The van der Waals surface area contributed by atoms with Gasteiger partial charge in [0.2, 0.25) is 5.91 Å². The van der Waals surface area contributed by atoms with Crippen LogP contribution in [0.15, 0.2) is 24.3 Å². The summed E-state index contributed by atoms with van der Waals surface area (Å²) in [4.78, 5) is 39.1. The summed E-state index contributed by atoms with van der Waals surface area (Å²) >= 11 is 0. The molecule has 2 saturated heterocycles. The lowest BCUT2D eigenvalue weighted by atomic mass is 10.1. The summed E-state index contributed by atoms with van der Waals surface area (Å²) in [5.41, 5.74) is 1.06. The molecule has 7 nitrogen and oxygen atoms in total. The maximum absolute atomic E-state index is 12.8. The van der Waals surface area contributed by atoms with Crippen molar-refractivity contribution in [2.24, 2.45) is 0 Å². The van der Waals surface area contributed by atoms with Crippen LogP contribution < -0.4 is 4.90 Å². The van der Waals surface area contributed by atoms with Crippen LogP contribution in [-0.4, -0.2) is 60.1 Å². The minimum Gasteiger partial charge on any atom is -0.480 e. The highest BCUT2D eigenvalue weighted by atomic mass is 16.5. The van der Waals surface area contributed by atoms with Gasteiger partial charge in [0.25, 0.3) is 5.91 Å². The zero-order valence-electron chi connectivity index (χ0n) is 13.5. The molecule has 0 radical (unpaired) electrons. The Labute approximate surface area is 139 Å². The molecule has 0 aliphatic carbocycles. The summed E-state index contributed by atoms with van der Waals surface area (Å²) in [6, 6.07) is 5.92. The zero-order chi connectivity index (χ0) is 17.3. The molecule has 2 heterocycles. The number of carbonyl (C=O) groups excluding carboxylic acids is 2. The van der Waals surface area contributed by atoms with Crippen LogP contribution in [0.25, 0.3) is 0 Å². The molecule has 0 bridgehead atoms. The lowest BCUT2D eigenvalue weighted by Crippen LogP contribution is -2.40. The molecule has 2 unspecified atom stereocenters.